The Morgan fingerprint density at radius 3 is 1.90 bits per heavy atom. The first-order valence-electron chi connectivity index (χ1n) is 26.5. The second-order valence-electron chi connectivity index (χ2n) is 21.9. The molecule has 4 aliphatic carbocycles. The summed E-state index contributed by atoms with van der Waals surface area (Å²) in [6.07, 6.45) is 0.647. The number of aliphatic carboxylic acids is 1. The fourth-order valence-corrected chi connectivity index (χ4v) is 13.0. The number of halogens is 1. The van der Waals surface area contributed by atoms with Gasteiger partial charge in [0.1, 0.15) is 71.2 Å². The largest absolute Gasteiger partial charge is 0.507 e. The number of carbonyl (C=O) groups excluding carboxylic acids is 6. The molecule has 0 aromatic heterocycles. The fourth-order valence-electron chi connectivity index (χ4n) is 12.8. The summed E-state index contributed by atoms with van der Waals surface area (Å²) in [7, 11) is 0. The molecule has 0 saturated heterocycles. The van der Waals surface area contributed by atoms with Gasteiger partial charge in [0.25, 0.3) is 0 Å². The van der Waals surface area contributed by atoms with Crippen molar-refractivity contribution in [2.24, 2.45) is 35.1 Å². The third-order valence-corrected chi connectivity index (χ3v) is 17.0. The highest BCUT2D eigenvalue weighted by atomic mass is 35.5. The molecule has 428 valence electrons. The average Bonchev–Trinajstić information content (AvgIpc) is 3.39. The molecule has 4 saturated carbocycles. The minimum absolute atomic E-state index is 0.0150. The number of phenolic OH excluding ortho intramolecular Hbond substituents is 4. The molecule has 15 bridgehead atoms. The molecule has 0 spiro atoms. The van der Waals surface area contributed by atoms with Gasteiger partial charge in [0.15, 0.2) is 17.5 Å². The number of aromatic hydroxyl groups is 4. The van der Waals surface area contributed by atoms with Gasteiger partial charge in [-0.2, -0.15) is 0 Å². The van der Waals surface area contributed by atoms with E-state index < -0.39 is 142 Å². The van der Waals surface area contributed by atoms with Gasteiger partial charge in [-0.25, -0.2) is 4.79 Å². The van der Waals surface area contributed by atoms with Crippen molar-refractivity contribution in [3.63, 3.8) is 0 Å². The molecule has 6 amide bonds. The molecule has 8 atom stereocenters. The van der Waals surface area contributed by atoms with E-state index in [1.54, 1.807) is 0 Å². The van der Waals surface area contributed by atoms with E-state index in [1.807, 2.05) is 0 Å². The Morgan fingerprint density at radius 1 is 0.622 bits per heavy atom. The van der Waals surface area contributed by atoms with E-state index in [9.17, 15) is 59.7 Å². The van der Waals surface area contributed by atoms with Crippen LogP contribution in [-0.4, -0.2) is 101 Å². The second-order valence-corrected chi connectivity index (χ2v) is 22.3. The quantitative estimate of drug-likeness (QED) is 0.116. The molecule has 5 aliphatic heterocycles. The lowest BCUT2D eigenvalue weighted by Crippen LogP contribution is -2.56. The summed E-state index contributed by atoms with van der Waals surface area (Å²) >= 11 is 6.64. The number of carboxylic acids is 1. The molecular formula is C57H57ClN8O16. The maximum Gasteiger partial charge on any atom is 0.330 e. The monoisotopic (exact) mass is 1140 g/mol. The highest BCUT2D eigenvalue weighted by Gasteiger charge is 2.48. The number of carbonyl (C=O) groups is 7. The smallest absolute Gasteiger partial charge is 0.330 e. The molecule has 14 rings (SSSR count). The zero-order valence-electron chi connectivity index (χ0n) is 43.3. The Labute approximate surface area is 471 Å². The highest BCUT2D eigenvalue weighted by Crippen LogP contribution is 2.55. The van der Waals surface area contributed by atoms with Crippen molar-refractivity contribution in [3.05, 3.63) is 117 Å². The predicted molar refractivity (Wildman–Crippen MR) is 287 cm³/mol. The lowest BCUT2D eigenvalue weighted by atomic mass is 9.54. The van der Waals surface area contributed by atoms with Crippen LogP contribution >= 0.6 is 11.6 Å². The van der Waals surface area contributed by atoms with Crippen LogP contribution in [-0.2, 0) is 40.1 Å². The summed E-state index contributed by atoms with van der Waals surface area (Å²) in [5, 5.41) is 97.4. The van der Waals surface area contributed by atoms with Gasteiger partial charge in [0.05, 0.1) is 17.0 Å². The zero-order valence-corrected chi connectivity index (χ0v) is 44.1. The number of amides is 6. The number of fused-ring (bicyclic) bond motifs is 15. The van der Waals surface area contributed by atoms with Crippen LogP contribution in [0.1, 0.15) is 102 Å². The van der Waals surface area contributed by atoms with Gasteiger partial charge in [-0.15, -0.1) is 0 Å². The van der Waals surface area contributed by atoms with Gasteiger partial charge in [-0.05, 0) is 133 Å². The average molecular weight is 1150 g/mol. The lowest BCUT2D eigenvalue weighted by molar-refractivity contribution is -0.143. The summed E-state index contributed by atoms with van der Waals surface area (Å²) in [6, 6.07) is 3.58. The van der Waals surface area contributed by atoms with E-state index in [0.717, 1.165) is 56.0 Å². The number of nitrogens with one attached hydrogen (secondary N) is 6. The molecule has 0 radical (unpaired) electrons. The summed E-state index contributed by atoms with van der Waals surface area (Å²) in [5.74, 6) is -10.8. The molecule has 4 fully saturated rings. The van der Waals surface area contributed by atoms with Crippen LogP contribution in [0.25, 0.3) is 11.1 Å². The van der Waals surface area contributed by atoms with Crippen LogP contribution in [0.5, 0.6) is 46.0 Å². The number of hydrogen-bond acceptors (Lipinski definition) is 17. The standard InChI is InChI=1S/C57H57ClN8O16/c58-33-15-25-4-8-37(33)82-39-17-28-16-38(51(39)73)81-29-5-1-23(2-6-29)49(71)47-56(78)65-46(57(79)80)31-18-36(68)32(20-61-43-26-10-21-9-22(12-26)13-27(43)11-21)50(72)41(31)30-14-24(3-7-35(30)67)44(54(76)66-47)64-55(77)45(28)63-52(74)34(19-40(59)69)62-53(75)42(60)48(25)70/h1-8,14-18,21-22,26-27,34,42-49,61,67-68,70-73H,9-13,19-20,60H2,(H2,59,69)(H,62,75)(H,63,74)(H,64,77)(H,65,78)(H,66,76)(H,79,80)/t21?,22?,26?,27?,34?,42?,43?,44?,45?,46-,47?,48?,49?/m1/s1. The van der Waals surface area contributed by atoms with Crippen LogP contribution in [0, 0.1) is 23.7 Å². The SMILES string of the molecule is NC(=O)CC1NC(=O)C(N)C(O)c2ccc(c(Cl)c2)Oc2cc3cc(c2O)Oc2ccc(cc2)C(O)C2NC(=O)C(NC(=O)C3NC1=O)c1ccc(O)c(c1)-c1c(cc(O)c(CNC3C4CC5CC(C4)CC3C5)c1O)[C@H](C(=O)O)NC2=O. The van der Waals surface area contributed by atoms with Gasteiger partial charge in [-0.3, -0.25) is 28.8 Å². The van der Waals surface area contributed by atoms with Crippen LogP contribution in [0.2, 0.25) is 5.02 Å². The zero-order chi connectivity index (χ0) is 58.2. The number of benzene rings is 5. The number of phenols is 4. The number of ether oxygens (including phenoxy) is 2. The van der Waals surface area contributed by atoms with Gasteiger partial charge in [0.2, 0.25) is 41.2 Å². The third kappa shape index (κ3) is 10.4. The van der Waals surface area contributed by atoms with Crippen LogP contribution < -0.4 is 52.8 Å². The first-order chi connectivity index (χ1) is 39.1. The fraction of sp³-hybridized carbons (Fsp3) is 0.351. The number of rotatable bonds is 6. The first-order valence-corrected chi connectivity index (χ1v) is 26.9. The Kier molecular flexibility index (Phi) is 14.6. The summed E-state index contributed by atoms with van der Waals surface area (Å²) in [6.45, 7) is -0.113. The molecule has 9 aliphatic rings. The van der Waals surface area contributed by atoms with E-state index in [0.29, 0.717) is 23.7 Å². The lowest BCUT2D eigenvalue weighted by Gasteiger charge is -2.54. The summed E-state index contributed by atoms with van der Waals surface area (Å²) in [4.78, 5) is 99.4. The summed E-state index contributed by atoms with van der Waals surface area (Å²) in [5.41, 5.74) is 9.91. The normalized spacial score (nSPS) is 28.5. The van der Waals surface area contributed by atoms with E-state index in [4.69, 9.17) is 32.5 Å². The van der Waals surface area contributed by atoms with E-state index in [2.05, 4.69) is 31.9 Å². The Morgan fingerprint density at radius 2 is 1.24 bits per heavy atom. The molecular weight excluding hydrogens is 1090 g/mol. The van der Waals surface area contributed by atoms with Crippen molar-refractivity contribution >= 4 is 53.0 Å². The Bertz CT molecular complexity index is 3460. The van der Waals surface area contributed by atoms with Gasteiger partial charge < -0.3 is 88.6 Å². The molecule has 24 nitrogen and oxygen atoms in total. The number of aliphatic hydroxyl groups excluding tert-OH is 2. The Hall–Kier alpha value is -8.68. The van der Waals surface area contributed by atoms with E-state index in [-0.39, 0.29) is 62.5 Å². The highest BCUT2D eigenvalue weighted by molar-refractivity contribution is 6.32. The molecule has 82 heavy (non-hydrogen) atoms. The van der Waals surface area contributed by atoms with Gasteiger partial charge in [0, 0.05) is 29.3 Å². The first kappa shape index (κ1) is 55.2. The molecule has 5 aromatic carbocycles. The van der Waals surface area contributed by atoms with Crippen molar-refractivity contribution < 1.29 is 78.8 Å². The van der Waals surface area contributed by atoms with Crippen molar-refractivity contribution in [1.29, 1.82) is 0 Å². The molecule has 5 aromatic rings. The Balaban J connectivity index is 1.08. The van der Waals surface area contributed by atoms with Crippen molar-refractivity contribution in [1.82, 2.24) is 31.9 Å². The maximum absolute atomic E-state index is 15.4. The maximum atomic E-state index is 15.4. The van der Waals surface area contributed by atoms with Gasteiger partial charge in [-0.1, -0.05) is 35.9 Å². The predicted octanol–water partition coefficient (Wildman–Crippen LogP) is 2.86. The number of primary amides is 1. The van der Waals surface area contributed by atoms with Crippen LogP contribution in [0.3, 0.4) is 0 Å². The van der Waals surface area contributed by atoms with E-state index >= 15 is 9.59 Å². The molecule has 17 N–H and O–H groups in total. The third-order valence-electron chi connectivity index (χ3n) is 16.7. The van der Waals surface area contributed by atoms with E-state index in [1.165, 1.54) is 55.0 Å². The number of carboxylic acid groups (broad SMARTS) is 1. The summed E-state index contributed by atoms with van der Waals surface area (Å²) < 4.78 is 12.2. The molecule has 7 unspecified atom stereocenters. The second kappa shape index (κ2) is 21.7. The topological polar surface area (TPSA) is 404 Å². The minimum atomic E-state index is -2.15. The van der Waals surface area contributed by atoms with Gasteiger partial charge >= 0.3 is 5.97 Å². The number of aliphatic hydroxyl groups is 2. The van der Waals surface area contributed by atoms with Crippen molar-refractivity contribution in [3.8, 4) is 57.1 Å². The number of nitrogens with two attached hydrogens (primary N) is 2. The van der Waals surface area contributed by atoms with Crippen molar-refractivity contribution in [2.45, 2.75) is 99.6 Å². The van der Waals surface area contributed by atoms with Crippen LogP contribution in [0.15, 0.2) is 78.9 Å². The minimum Gasteiger partial charge on any atom is -0.507 e. The molecule has 5 heterocycles. The number of hydrogen-bond donors (Lipinski definition) is 15. The molecule has 25 heteroatoms. The van der Waals surface area contributed by atoms with Crippen molar-refractivity contribution in [2.75, 3.05) is 0 Å². The van der Waals surface area contributed by atoms with Crippen LogP contribution in [0.4, 0.5) is 0 Å².